The molecule has 0 aliphatic rings. The van der Waals surface area contributed by atoms with Crippen molar-refractivity contribution in [2.24, 2.45) is 0 Å². The van der Waals surface area contributed by atoms with Gasteiger partial charge in [0.2, 0.25) is 11.8 Å². The quantitative estimate of drug-likeness (QED) is 0.674. The Morgan fingerprint density at radius 1 is 1.06 bits per heavy atom. The van der Waals surface area contributed by atoms with E-state index in [4.69, 9.17) is 0 Å². The van der Waals surface area contributed by atoms with E-state index in [2.05, 4.69) is 15.4 Å². The van der Waals surface area contributed by atoms with Crippen LogP contribution in [0.4, 0.5) is 0 Å². The van der Waals surface area contributed by atoms with Crippen molar-refractivity contribution in [3.63, 3.8) is 0 Å². The number of ether oxygens (including phenoxy) is 1. The monoisotopic (exact) mass is 258 g/mol. The lowest BCUT2D eigenvalue weighted by atomic mass is 10.1. The number of hydrogen-bond acceptors (Lipinski definition) is 4. The van der Waals surface area contributed by atoms with Crippen molar-refractivity contribution < 1.29 is 19.1 Å². The fraction of sp³-hybridized carbons (Fsp3) is 0.750. The van der Waals surface area contributed by atoms with Gasteiger partial charge in [-0.3, -0.25) is 14.4 Å². The summed E-state index contributed by atoms with van der Waals surface area (Å²) < 4.78 is 4.69. The molecule has 2 N–H and O–H groups in total. The smallest absolute Gasteiger partial charge is 0.306 e. The third-order valence-electron chi connectivity index (χ3n) is 1.82. The molecule has 0 saturated carbocycles. The second-order valence-corrected chi connectivity index (χ2v) is 4.88. The normalized spacial score (nSPS) is 10.7. The van der Waals surface area contributed by atoms with Crippen molar-refractivity contribution in [3.05, 3.63) is 0 Å². The van der Waals surface area contributed by atoms with Gasteiger partial charge in [-0.1, -0.05) is 0 Å². The molecule has 0 aromatic rings. The molecule has 0 rings (SSSR count). The second-order valence-electron chi connectivity index (χ2n) is 4.88. The predicted octanol–water partition coefficient (Wildman–Crippen LogP) is 0.361. The van der Waals surface area contributed by atoms with Crippen LogP contribution in [0.3, 0.4) is 0 Å². The van der Waals surface area contributed by atoms with Crippen molar-refractivity contribution in [3.8, 4) is 0 Å². The maximum absolute atomic E-state index is 11.4. The van der Waals surface area contributed by atoms with Gasteiger partial charge in [0.25, 0.3) is 0 Å². The van der Waals surface area contributed by atoms with Crippen LogP contribution in [-0.4, -0.2) is 36.5 Å². The zero-order valence-electron chi connectivity index (χ0n) is 11.5. The second kappa shape index (κ2) is 7.68. The lowest BCUT2D eigenvalue weighted by Crippen LogP contribution is -2.45. The van der Waals surface area contributed by atoms with E-state index in [-0.39, 0.29) is 36.7 Å². The van der Waals surface area contributed by atoms with Gasteiger partial charge in [-0.05, 0) is 27.7 Å². The Hall–Kier alpha value is -1.59. The molecular weight excluding hydrogens is 236 g/mol. The molecule has 0 bridgehead atoms. The van der Waals surface area contributed by atoms with Crippen LogP contribution in [0.1, 0.15) is 40.5 Å². The molecule has 18 heavy (non-hydrogen) atoms. The summed E-state index contributed by atoms with van der Waals surface area (Å²) in [5.41, 5.74) is -0.327. The minimum absolute atomic E-state index is 0.0283. The third kappa shape index (κ3) is 9.62. The number of carbonyl (C=O) groups excluding carboxylic acids is 3. The number of hydrogen-bond donors (Lipinski definition) is 2. The Morgan fingerprint density at radius 3 is 2.17 bits per heavy atom. The zero-order chi connectivity index (χ0) is 14.2. The Balaban J connectivity index is 3.77. The van der Waals surface area contributed by atoms with E-state index in [1.54, 1.807) is 6.92 Å². The molecule has 0 saturated heterocycles. The highest BCUT2D eigenvalue weighted by atomic mass is 16.5. The number of esters is 1. The fourth-order valence-corrected chi connectivity index (χ4v) is 1.18. The van der Waals surface area contributed by atoms with Crippen molar-refractivity contribution >= 4 is 17.8 Å². The molecule has 0 radical (unpaired) electrons. The van der Waals surface area contributed by atoms with Crippen molar-refractivity contribution in [2.45, 2.75) is 46.1 Å². The molecule has 0 heterocycles. The molecule has 0 aromatic heterocycles. The topological polar surface area (TPSA) is 84.5 Å². The highest BCUT2D eigenvalue weighted by molar-refractivity contribution is 5.86. The summed E-state index contributed by atoms with van der Waals surface area (Å²) >= 11 is 0. The standard InChI is InChI=1S/C12H22N2O4/c1-5-18-11(17)7-6-9(15)13-8-10(16)14-12(2,3)4/h5-8H2,1-4H3,(H,13,15)(H,14,16). The van der Waals surface area contributed by atoms with E-state index in [9.17, 15) is 14.4 Å². The van der Waals surface area contributed by atoms with Gasteiger partial charge < -0.3 is 15.4 Å². The zero-order valence-corrected chi connectivity index (χ0v) is 11.5. The third-order valence-corrected chi connectivity index (χ3v) is 1.82. The summed E-state index contributed by atoms with van der Waals surface area (Å²) in [6.07, 6.45) is 0.0577. The highest BCUT2D eigenvalue weighted by Crippen LogP contribution is 1.97. The molecule has 0 spiro atoms. The molecule has 6 heteroatoms. The first-order chi connectivity index (χ1) is 8.24. The number of amides is 2. The molecule has 104 valence electrons. The van der Waals surface area contributed by atoms with Gasteiger partial charge in [0.1, 0.15) is 0 Å². The van der Waals surface area contributed by atoms with Crippen LogP contribution in [0, 0.1) is 0 Å². The average Bonchev–Trinajstić information content (AvgIpc) is 2.21. The van der Waals surface area contributed by atoms with Crippen LogP contribution in [0.15, 0.2) is 0 Å². The SMILES string of the molecule is CCOC(=O)CCC(=O)NCC(=O)NC(C)(C)C. The summed E-state index contributed by atoms with van der Waals surface area (Å²) in [7, 11) is 0. The van der Waals surface area contributed by atoms with Crippen molar-refractivity contribution in [1.29, 1.82) is 0 Å². The van der Waals surface area contributed by atoms with Gasteiger partial charge in [-0.15, -0.1) is 0 Å². The Morgan fingerprint density at radius 2 is 1.67 bits per heavy atom. The molecule has 6 nitrogen and oxygen atoms in total. The van der Waals surface area contributed by atoms with E-state index < -0.39 is 5.97 Å². The average molecular weight is 258 g/mol. The first-order valence-electron chi connectivity index (χ1n) is 5.98. The van der Waals surface area contributed by atoms with Crippen LogP contribution in [-0.2, 0) is 19.1 Å². The number of nitrogens with one attached hydrogen (secondary N) is 2. The van der Waals surface area contributed by atoms with Crippen LogP contribution in [0.25, 0.3) is 0 Å². The van der Waals surface area contributed by atoms with Crippen LogP contribution in [0.2, 0.25) is 0 Å². The summed E-state index contributed by atoms with van der Waals surface area (Å²) in [6, 6.07) is 0. The van der Waals surface area contributed by atoms with E-state index in [1.165, 1.54) is 0 Å². The van der Waals surface area contributed by atoms with Crippen LogP contribution < -0.4 is 10.6 Å². The Labute approximate surface area is 107 Å². The molecule has 0 aromatic carbocycles. The van der Waals surface area contributed by atoms with Crippen molar-refractivity contribution in [1.82, 2.24) is 10.6 Å². The van der Waals surface area contributed by atoms with Crippen molar-refractivity contribution in [2.75, 3.05) is 13.2 Å². The van der Waals surface area contributed by atoms with Gasteiger partial charge in [0.15, 0.2) is 0 Å². The number of carbonyl (C=O) groups is 3. The Kier molecular flexibility index (Phi) is 7.00. The molecule has 0 unspecified atom stereocenters. The first kappa shape index (κ1) is 16.4. The van der Waals surface area contributed by atoms with Gasteiger partial charge in [0, 0.05) is 12.0 Å². The molecule has 0 aliphatic carbocycles. The maximum Gasteiger partial charge on any atom is 0.306 e. The lowest BCUT2D eigenvalue weighted by molar-refractivity contribution is -0.144. The fourth-order valence-electron chi connectivity index (χ4n) is 1.18. The molecular formula is C12H22N2O4. The summed E-state index contributed by atoms with van der Waals surface area (Å²) in [5, 5.41) is 5.16. The minimum atomic E-state index is -0.410. The molecule has 0 fully saturated rings. The summed E-state index contributed by atoms with van der Waals surface area (Å²) in [5.74, 6) is -1.01. The summed E-state index contributed by atoms with van der Waals surface area (Å²) in [6.45, 7) is 7.48. The molecule has 0 aliphatic heterocycles. The maximum atomic E-state index is 11.4. The van der Waals surface area contributed by atoms with E-state index in [0.29, 0.717) is 6.61 Å². The van der Waals surface area contributed by atoms with Crippen LogP contribution in [0.5, 0.6) is 0 Å². The minimum Gasteiger partial charge on any atom is -0.466 e. The Bertz CT molecular complexity index is 308. The predicted molar refractivity (Wildman–Crippen MR) is 66.8 cm³/mol. The molecule has 2 amide bonds. The number of rotatable bonds is 6. The lowest BCUT2D eigenvalue weighted by Gasteiger charge is -2.20. The van der Waals surface area contributed by atoms with Gasteiger partial charge in [-0.2, -0.15) is 0 Å². The highest BCUT2D eigenvalue weighted by Gasteiger charge is 2.14. The van der Waals surface area contributed by atoms with E-state index in [1.807, 2.05) is 20.8 Å². The molecule has 0 atom stereocenters. The largest absolute Gasteiger partial charge is 0.466 e. The summed E-state index contributed by atoms with van der Waals surface area (Å²) in [4.78, 5) is 33.7. The van der Waals surface area contributed by atoms with Gasteiger partial charge >= 0.3 is 5.97 Å². The van der Waals surface area contributed by atoms with E-state index in [0.717, 1.165) is 0 Å². The van der Waals surface area contributed by atoms with E-state index >= 15 is 0 Å². The first-order valence-corrected chi connectivity index (χ1v) is 5.98. The van der Waals surface area contributed by atoms with Crippen LogP contribution >= 0.6 is 0 Å². The van der Waals surface area contributed by atoms with Gasteiger partial charge in [0.05, 0.1) is 19.6 Å². The van der Waals surface area contributed by atoms with Gasteiger partial charge in [-0.25, -0.2) is 0 Å².